The van der Waals surface area contributed by atoms with Crippen molar-refractivity contribution < 1.29 is 19.1 Å². The Labute approximate surface area is 256 Å². The number of carbonyl (C=O) groups is 2. The predicted molar refractivity (Wildman–Crippen MR) is 167 cm³/mol. The Morgan fingerprint density at radius 1 is 0.902 bits per heavy atom. The maximum Gasteiger partial charge on any atom is 0.251 e. The van der Waals surface area contributed by atoms with Crippen LogP contribution in [0.15, 0.2) is 111 Å². The van der Waals surface area contributed by atoms with E-state index in [0.29, 0.717) is 40.3 Å². The van der Waals surface area contributed by atoms with Gasteiger partial charge in [-0.05, 0) is 75.9 Å². The monoisotopic (exact) mass is 677 g/mol. The van der Waals surface area contributed by atoms with E-state index >= 15 is 0 Å². The quantitative estimate of drug-likeness (QED) is 0.123. The molecule has 2 amide bonds. The molecule has 0 aliphatic rings. The number of ether oxygens (including phenoxy) is 2. The second-order valence-corrected chi connectivity index (χ2v) is 10.7. The zero-order valence-corrected chi connectivity index (χ0v) is 25.5. The Hall–Kier alpha value is -3.95. The summed E-state index contributed by atoms with van der Waals surface area (Å²) in [5.74, 6) is 0.531. The first-order chi connectivity index (χ1) is 19.9. The molecule has 0 radical (unpaired) electrons. The lowest BCUT2D eigenvalue weighted by Gasteiger charge is -2.18. The largest absolute Gasteiger partial charge is 0.490 e. The van der Waals surface area contributed by atoms with Gasteiger partial charge in [0.2, 0.25) is 5.91 Å². The van der Waals surface area contributed by atoms with Gasteiger partial charge in [-0.25, -0.2) is 5.43 Å². The smallest absolute Gasteiger partial charge is 0.251 e. The summed E-state index contributed by atoms with van der Waals surface area (Å²) < 4.78 is 13.6. The molecular formula is C32H29Br2N3O4. The van der Waals surface area contributed by atoms with Gasteiger partial charge in [-0.15, -0.1) is 0 Å². The molecule has 7 nitrogen and oxygen atoms in total. The van der Waals surface area contributed by atoms with Crippen molar-refractivity contribution in [2.45, 2.75) is 26.0 Å². The SMILES string of the molecule is CCOc1cc(/C=N\NC(=O)C[C@H](NC(=O)c2ccccc2)c2ccccc2)cc(Br)c1OCc1ccc(Br)cc1. The molecule has 0 saturated heterocycles. The van der Waals surface area contributed by atoms with Crippen LogP contribution in [0.25, 0.3) is 0 Å². The molecule has 0 spiro atoms. The van der Waals surface area contributed by atoms with E-state index in [-0.39, 0.29) is 18.2 Å². The number of hydrogen-bond acceptors (Lipinski definition) is 5. The molecule has 4 aromatic carbocycles. The molecule has 0 fully saturated rings. The molecule has 0 aromatic heterocycles. The normalized spacial score (nSPS) is 11.6. The standard InChI is InChI=1S/C32H29Br2N3O4/c1-2-40-29-18-23(17-27(34)31(29)41-21-22-13-15-26(33)16-14-22)20-35-37-30(38)19-28(24-9-5-3-6-10-24)36-32(39)25-11-7-4-8-12-25/h3-18,20,28H,2,19,21H2,1H3,(H,36,39)(H,37,38)/b35-20-/t28-/m0/s1. The number of benzene rings is 4. The van der Waals surface area contributed by atoms with E-state index in [9.17, 15) is 9.59 Å². The van der Waals surface area contributed by atoms with Crippen molar-refractivity contribution in [3.05, 3.63) is 128 Å². The molecule has 41 heavy (non-hydrogen) atoms. The number of nitrogens with one attached hydrogen (secondary N) is 2. The number of carbonyl (C=O) groups excluding carboxylic acids is 2. The minimum absolute atomic E-state index is 0.0106. The molecule has 0 bridgehead atoms. The van der Waals surface area contributed by atoms with Crippen molar-refractivity contribution in [1.82, 2.24) is 10.7 Å². The van der Waals surface area contributed by atoms with Crippen LogP contribution in [0.2, 0.25) is 0 Å². The van der Waals surface area contributed by atoms with E-state index in [1.807, 2.05) is 73.7 Å². The van der Waals surface area contributed by atoms with Crippen molar-refractivity contribution in [1.29, 1.82) is 0 Å². The van der Waals surface area contributed by atoms with Crippen LogP contribution < -0.4 is 20.2 Å². The van der Waals surface area contributed by atoms with Crippen LogP contribution in [-0.4, -0.2) is 24.6 Å². The Morgan fingerprint density at radius 2 is 1.59 bits per heavy atom. The first-order valence-electron chi connectivity index (χ1n) is 13.0. The summed E-state index contributed by atoms with van der Waals surface area (Å²) in [4.78, 5) is 25.6. The number of amides is 2. The van der Waals surface area contributed by atoms with E-state index < -0.39 is 6.04 Å². The Bertz CT molecular complexity index is 1480. The van der Waals surface area contributed by atoms with Gasteiger partial charge in [0.05, 0.1) is 29.8 Å². The van der Waals surface area contributed by atoms with Gasteiger partial charge < -0.3 is 14.8 Å². The minimum Gasteiger partial charge on any atom is -0.490 e. The van der Waals surface area contributed by atoms with Crippen LogP contribution >= 0.6 is 31.9 Å². The van der Waals surface area contributed by atoms with Gasteiger partial charge in [-0.3, -0.25) is 9.59 Å². The Balaban J connectivity index is 1.41. The molecule has 2 N–H and O–H groups in total. The third-order valence-corrected chi connectivity index (χ3v) is 7.08. The van der Waals surface area contributed by atoms with Crippen LogP contribution in [0.5, 0.6) is 11.5 Å². The van der Waals surface area contributed by atoms with Gasteiger partial charge in [0.25, 0.3) is 5.91 Å². The lowest BCUT2D eigenvalue weighted by atomic mass is 10.0. The second kappa shape index (κ2) is 15.2. The summed E-state index contributed by atoms with van der Waals surface area (Å²) in [6.07, 6.45) is 1.54. The predicted octanol–water partition coefficient (Wildman–Crippen LogP) is 7.20. The average molecular weight is 679 g/mol. The van der Waals surface area contributed by atoms with E-state index in [2.05, 4.69) is 47.7 Å². The highest BCUT2D eigenvalue weighted by molar-refractivity contribution is 9.10. The zero-order chi connectivity index (χ0) is 29.0. The highest BCUT2D eigenvalue weighted by Crippen LogP contribution is 2.37. The summed E-state index contributed by atoms with van der Waals surface area (Å²) in [5.41, 5.74) is 5.63. The van der Waals surface area contributed by atoms with Crippen molar-refractivity contribution in [3.63, 3.8) is 0 Å². The molecule has 0 aliphatic carbocycles. The molecule has 0 heterocycles. The van der Waals surface area contributed by atoms with Crippen molar-refractivity contribution in [2.24, 2.45) is 5.10 Å². The maximum atomic E-state index is 12.8. The molecule has 1 atom stereocenters. The second-order valence-electron chi connectivity index (χ2n) is 8.98. The highest BCUT2D eigenvalue weighted by atomic mass is 79.9. The molecule has 0 aliphatic heterocycles. The molecule has 0 saturated carbocycles. The number of rotatable bonds is 12. The summed E-state index contributed by atoms with van der Waals surface area (Å²) in [7, 11) is 0. The van der Waals surface area contributed by atoms with Crippen molar-refractivity contribution in [2.75, 3.05) is 6.61 Å². The molecule has 4 rings (SSSR count). The van der Waals surface area contributed by atoms with E-state index in [4.69, 9.17) is 9.47 Å². The fraction of sp³-hybridized carbons (Fsp3) is 0.156. The van der Waals surface area contributed by atoms with Gasteiger partial charge in [0.1, 0.15) is 6.61 Å². The number of nitrogens with zero attached hydrogens (tertiary/aromatic N) is 1. The van der Waals surface area contributed by atoms with Gasteiger partial charge in [-0.2, -0.15) is 5.10 Å². The number of halogens is 2. The first kappa shape index (κ1) is 30.0. The number of hydrazone groups is 1. The van der Waals surface area contributed by atoms with Crippen LogP contribution in [-0.2, 0) is 11.4 Å². The Kier molecular flexibility index (Phi) is 11.1. The number of hydrogen-bond donors (Lipinski definition) is 2. The third kappa shape index (κ3) is 9.03. The highest BCUT2D eigenvalue weighted by Gasteiger charge is 2.19. The molecular weight excluding hydrogens is 650 g/mol. The topological polar surface area (TPSA) is 89.0 Å². The van der Waals surface area contributed by atoms with Crippen LogP contribution in [0.4, 0.5) is 0 Å². The lowest BCUT2D eigenvalue weighted by molar-refractivity contribution is -0.121. The molecule has 0 unspecified atom stereocenters. The van der Waals surface area contributed by atoms with Crippen molar-refractivity contribution >= 4 is 49.9 Å². The fourth-order valence-corrected chi connectivity index (χ4v) is 4.82. The summed E-state index contributed by atoms with van der Waals surface area (Å²) in [6.45, 7) is 2.72. The summed E-state index contributed by atoms with van der Waals surface area (Å²) >= 11 is 7.01. The third-order valence-electron chi connectivity index (χ3n) is 5.96. The molecule has 210 valence electrons. The van der Waals surface area contributed by atoms with Crippen LogP contribution in [0.3, 0.4) is 0 Å². The van der Waals surface area contributed by atoms with Gasteiger partial charge in [-0.1, -0.05) is 76.6 Å². The van der Waals surface area contributed by atoms with E-state index in [0.717, 1.165) is 15.6 Å². The van der Waals surface area contributed by atoms with Gasteiger partial charge in [0, 0.05) is 10.0 Å². The average Bonchev–Trinajstić information content (AvgIpc) is 2.98. The fourth-order valence-electron chi connectivity index (χ4n) is 3.98. The maximum absolute atomic E-state index is 12.8. The molecule has 4 aromatic rings. The van der Waals surface area contributed by atoms with Crippen LogP contribution in [0, 0.1) is 0 Å². The van der Waals surface area contributed by atoms with E-state index in [1.165, 1.54) is 6.21 Å². The Morgan fingerprint density at radius 3 is 2.27 bits per heavy atom. The van der Waals surface area contributed by atoms with Crippen LogP contribution in [0.1, 0.15) is 46.4 Å². The summed E-state index contributed by atoms with van der Waals surface area (Å²) in [6, 6.07) is 29.3. The van der Waals surface area contributed by atoms with Gasteiger partial charge >= 0.3 is 0 Å². The molecule has 9 heteroatoms. The zero-order valence-electron chi connectivity index (χ0n) is 22.3. The minimum atomic E-state index is -0.528. The lowest BCUT2D eigenvalue weighted by Crippen LogP contribution is -2.32. The van der Waals surface area contributed by atoms with Crippen molar-refractivity contribution in [3.8, 4) is 11.5 Å². The summed E-state index contributed by atoms with van der Waals surface area (Å²) in [5, 5.41) is 7.10. The van der Waals surface area contributed by atoms with E-state index in [1.54, 1.807) is 30.3 Å². The van der Waals surface area contributed by atoms with Gasteiger partial charge in [0.15, 0.2) is 11.5 Å². The first-order valence-corrected chi connectivity index (χ1v) is 14.6.